The van der Waals surface area contributed by atoms with E-state index in [0.29, 0.717) is 0 Å². The van der Waals surface area contributed by atoms with Crippen LogP contribution in [0.4, 0.5) is 17.6 Å². The van der Waals surface area contributed by atoms with E-state index in [2.05, 4.69) is 5.32 Å². The van der Waals surface area contributed by atoms with Crippen LogP contribution < -0.4 is 5.32 Å². The number of hydrogen-bond donors (Lipinski definition) is 2. The molecule has 0 aliphatic rings. The standard InChI is InChI=1S/C7H13F4NO/c1-6(2,13)3-12-4-7(10,11)5(8)9/h5,12-13H,3-4H2,1-2H3. The van der Waals surface area contributed by atoms with Gasteiger partial charge < -0.3 is 10.4 Å². The summed E-state index contributed by atoms with van der Waals surface area (Å²) in [4.78, 5) is 0. The van der Waals surface area contributed by atoms with Gasteiger partial charge in [0.05, 0.1) is 12.1 Å². The summed E-state index contributed by atoms with van der Waals surface area (Å²) >= 11 is 0. The van der Waals surface area contributed by atoms with Crippen molar-refractivity contribution in [3.8, 4) is 0 Å². The van der Waals surface area contributed by atoms with Gasteiger partial charge >= 0.3 is 12.3 Å². The van der Waals surface area contributed by atoms with Crippen LogP contribution in [0.3, 0.4) is 0 Å². The van der Waals surface area contributed by atoms with Crippen molar-refractivity contribution in [1.82, 2.24) is 5.32 Å². The molecule has 0 aromatic carbocycles. The van der Waals surface area contributed by atoms with Gasteiger partial charge in [-0.15, -0.1) is 0 Å². The Morgan fingerprint density at radius 2 is 1.69 bits per heavy atom. The van der Waals surface area contributed by atoms with Gasteiger partial charge in [-0.25, -0.2) is 8.78 Å². The molecular formula is C7H13F4NO. The third kappa shape index (κ3) is 5.81. The Morgan fingerprint density at radius 3 is 2.00 bits per heavy atom. The molecule has 0 aromatic rings. The minimum atomic E-state index is -4.04. The Bertz CT molecular complexity index is 155. The lowest BCUT2D eigenvalue weighted by atomic mass is 10.1. The number of aliphatic hydroxyl groups is 1. The van der Waals surface area contributed by atoms with Crippen molar-refractivity contribution in [2.24, 2.45) is 0 Å². The fourth-order valence-electron chi connectivity index (χ4n) is 0.612. The third-order valence-corrected chi connectivity index (χ3v) is 1.24. The van der Waals surface area contributed by atoms with Crippen molar-refractivity contribution in [1.29, 1.82) is 0 Å². The molecule has 2 N–H and O–H groups in total. The maximum atomic E-state index is 12.2. The van der Waals surface area contributed by atoms with E-state index in [1.165, 1.54) is 13.8 Å². The molecule has 0 atom stereocenters. The summed E-state index contributed by atoms with van der Waals surface area (Å²) in [5.74, 6) is -4.04. The molecule has 0 unspecified atom stereocenters. The number of hydrogen-bond acceptors (Lipinski definition) is 2. The first kappa shape index (κ1) is 12.6. The van der Waals surface area contributed by atoms with E-state index in [9.17, 15) is 17.6 Å². The van der Waals surface area contributed by atoms with Crippen molar-refractivity contribution in [3.63, 3.8) is 0 Å². The Morgan fingerprint density at radius 1 is 1.23 bits per heavy atom. The van der Waals surface area contributed by atoms with Crippen LogP contribution in [-0.4, -0.2) is 36.1 Å². The Balaban J connectivity index is 3.77. The maximum Gasteiger partial charge on any atom is 0.319 e. The van der Waals surface area contributed by atoms with Crippen molar-refractivity contribution in [3.05, 3.63) is 0 Å². The first-order valence-corrected chi connectivity index (χ1v) is 3.74. The molecule has 80 valence electrons. The zero-order valence-corrected chi connectivity index (χ0v) is 7.45. The molecule has 0 aromatic heterocycles. The molecule has 0 fully saturated rings. The predicted octanol–water partition coefficient (Wildman–Crippen LogP) is 1.25. The van der Waals surface area contributed by atoms with Crippen molar-refractivity contribution < 1.29 is 22.7 Å². The summed E-state index contributed by atoms with van der Waals surface area (Å²) in [6.07, 6.45) is -3.68. The van der Waals surface area contributed by atoms with Crippen LogP contribution in [0.15, 0.2) is 0 Å². The molecule has 0 heterocycles. The van der Waals surface area contributed by atoms with Crippen LogP contribution in [0.25, 0.3) is 0 Å². The topological polar surface area (TPSA) is 32.3 Å². The maximum absolute atomic E-state index is 12.2. The summed E-state index contributed by atoms with van der Waals surface area (Å²) in [6, 6.07) is 0. The van der Waals surface area contributed by atoms with Gasteiger partial charge in [0.25, 0.3) is 0 Å². The molecule has 0 amide bonds. The smallest absolute Gasteiger partial charge is 0.319 e. The summed E-state index contributed by atoms with van der Waals surface area (Å²) in [5, 5.41) is 11.1. The lowest BCUT2D eigenvalue weighted by Crippen LogP contribution is -2.44. The molecule has 0 radical (unpaired) electrons. The second-order valence-electron chi connectivity index (χ2n) is 3.48. The first-order chi connectivity index (χ1) is 5.65. The van der Waals surface area contributed by atoms with E-state index < -0.39 is 24.5 Å². The molecule has 13 heavy (non-hydrogen) atoms. The summed E-state index contributed by atoms with van der Waals surface area (Å²) in [6.45, 7) is 1.49. The van der Waals surface area contributed by atoms with Gasteiger partial charge in [0.15, 0.2) is 0 Å². The van der Waals surface area contributed by atoms with Crippen LogP contribution in [-0.2, 0) is 0 Å². The number of nitrogens with one attached hydrogen (secondary N) is 1. The minimum absolute atomic E-state index is 0.157. The molecule has 0 spiro atoms. The van der Waals surface area contributed by atoms with Gasteiger partial charge in [-0.1, -0.05) is 0 Å². The zero-order chi connectivity index (χ0) is 10.7. The minimum Gasteiger partial charge on any atom is -0.389 e. The van der Waals surface area contributed by atoms with E-state index in [4.69, 9.17) is 5.11 Å². The highest BCUT2D eigenvalue weighted by Gasteiger charge is 2.40. The second kappa shape index (κ2) is 4.23. The Labute approximate surface area is 73.9 Å². The van der Waals surface area contributed by atoms with Crippen molar-refractivity contribution >= 4 is 0 Å². The predicted molar refractivity (Wildman–Crippen MR) is 40.1 cm³/mol. The van der Waals surface area contributed by atoms with Crippen LogP contribution in [0.1, 0.15) is 13.8 Å². The molecule has 2 nitrogen and oxygen atoms in total. The molecule has 0 rings (SSSR count). The summed E-state index contributed by atoms with van der Waals surface area (Å²) < 4.78 is 47.6. The lowest BCUT2D eigenvalue weighted by Gasteiger charge is -2.21. The quantitative estimate of drug-likeness (QED) is 0.659. The number of rotatable bonds is 5. The third-order valence-electron chi connectivity index (χ3n) is 1.24. The fraction of sp³-hybridized carbons (Fsp3) is 1.00. The molecule has 0 saturated carbocycles. The van der Waals surface area contributed by atoms with E-state index >= 15 is 0 Å². The van der Waals surface area contributed by atoms with E-state index in [0.717, 1.165) is 0 Å². The first-order valence-electron chi connectivity index (χ1n) is 3.74. The van der Waals surface area contributed by atoms with Crippen molar-refractivity contribution in [2.75, 3.05) is 13.1 Å². The SMILES string of the molecule is CC(C)(O)CNCC(F)(F)C(F)F. The molecular weight excluding hydrogens is 190 g/mol. The van der Waals surface area contributed by atoms with Gasteiger partial charge in [-0.2, -0.15) is 8.78 Å². The largest absolute Gasteiger partial charge is 0.389 e. The summed E-state index contributed by atoms with van der Waals surface area (Å²) in [5.41, 5.74) is -1.18. The van der Waals surface area contributed by atoms with Crippen LogP contribution in [0, 0.1) is 0 Å². The molecule has 6 heteroatoms. The summed E-state index contributed by atoms with van der Waals surface area (Å²) in [7, 11) is 0. The fourth-order valence-corrected chi connectivity index (χ4v) is 0.612. The molecule has 0 aliphatic carbocycles. The second-order valence-corrected chi connectivity index (χ2v) is 3.48. The average Bonchev–Trinajstić information content (AvgIpc) is 1.82. The van der Waals surface area contributed by atoms with Gasteiger partial charge in [0.1, 0.15) is 0 Å². The van der Waals surface area contributed by atoms with Crippen LogP contribution in [0.2, 0.25) is 0 Å². The number of halogens is 4. The average molecular weight is 203 g/mol. The number of alkyl halides is 4. The highest BCUT2D eigenvalue weighted by molar-refractivity contribution is 4.75. The van der Waals surface area contributed by atoms with E-state index in [-0.39, 0.29) is 6.54 Å². The van der Waals surface area contributed by atoms with Crippen molar-refractivity contribution in [2.45, 2.75) is 31.8 Å². The molecule has 0 saturated heterocycles. The van der Waals surface area contributed by atoms with Gasteiger partial charge in [-0.3, -0.25) is 0 Å². The molecule has 0 aliphatic heterocycles. The van der Waals surface area contributed by atoms with Gasteiger partial charge in [0, 0.05) is 6.54 Å². The highest BCUT2D eigenvalue weighted by atomic mass is 19.3. The van der Waals surface area contributed by atoms with Gasteiger partial charge in [0.2, 0.25) is 0 Å². The molecule has 0 bridgehead atoms. The Kier molecular flexibility index (Phi) is 4.12. The Hall–Kier alpha value is -0.360. The zero-order valence-electron chi connectivity index (χ0n) is 7.45. The highest BCUT2D eigenvalue weighted by Crippen LogP contribution is 2.21. The lowest BCUT2D eigenvalue weighted by molar-refractivity contribution is -0.126. The van der Waals surface area contributed by atoms with Gasteiger partial charge in [-0.05, 0) is 13.8 Å². The van der Waals surface area contributed by atoms with Crippen LogP contribution in [0.5, 0.6) is 0 Å². The monoisotopic (exact) mass is 203 g/mol. The van der Waals surface area contributed by atoms with E-state index in [1.54, 1.807) is 0 Å². The van der Waals surface area contributed by atoms with Crippen LogP contribution >= 0.6 is 0 Å². The normalized spacial score (nSPS) is 13.8. The van der Waals surface area contributed by atoms with E-state index in [1.807, 2.05) is 0 Å².